The van der Waals surface area contributed by atoms with Crippen LogP contribution in [0.4, 0.5) is 23.4 Å². The third-order valence-electron chi connectivity index (χ3n) is 2.90. The monoisotopic (exact) mass is 355 g/mol. The third kappa shape index (κ3) is 3.94. The molecule has 2 N–H and O–H groups in total. The van der Waals surface area contributed by atoms with Crippen LogP contribution >= 0.6 is 12.2 Å². The van der Waals surface area contributed by atoms with Crippen molar-refractivity contribution in [1.82, 2.24) is 15.3 Å². The van der Waals surface area contributed by atoms with Crippen LogP contribution in [0, 0.1) is 34.6 Å². The molecule has 0 aliphatic heterocycles. The third-order valence-corrected chi connectivity index (χ3v) is 3.15. The van der Waals surface area contributed by atoms with Gasteiger partial charge in [0.1, 0.15) is 6.07 Å². The second kappa shape index (κ2) is 7.65. The van der Waals surface area contributed by atoms with Crippen molar-refractivity contribution in [2.75, 3.05) is 11.9 Å². The largest absolute Gasteiger partial charge is 0.362 e. The van der Waals surface area contributed by atoms with Gasteiger partial charge in [0.2, 0.25) is 0 Å². The highest BCUT2D eigenvalue weighted by atomic mass is 32.1. The second-order valence-corrected chi connectivity index (χ2v) is 4.85. The Kier molecular flexibility index (Phi) is 5.59. The number of rotatable bonds is 4. The standard InChI is InChI=1S/C14H9F4N5S/c15-8-5-9(16)12(18)7(11(8)17)1-2-22-14(24)23-13-10(6-19)20-3-4-21-13/h3-5H,1-2H2,(H2,21,22,23,24). The van der Waals surface area contributed by atoms with Crippen molar-refractivity contribution in [2.24, 2.45) is 0 Å². The van der Waals surface area contributed by atoms with Gasteiger partial charge in [0.25, 0.3) is 0 Å². The zero-order chi connectivity index (χ0) is 17.7. The highest BCUT2D eigenvalue weighted by Gasteiger charge is 2.18. The molecule has 0 radical (unpaired) electrons. The zero-order valence-electron chi connectivity index (χ0n) is 11.9. The molecule has 0 atom stereocenters. The molecule has 0 spiro atoms. The van der Waals surface area contributed by atoms with E-state index in [2.05, 4.69) is 20.6 Å². The van der Waals surface area contributed by atoms with Gasteiger partial charge >= 0.3 is 0 Å². The number of aromatic nitrogens is 2. The Bertz CT molecular complexity index is 795. The highest BCUT2D eigenvalue weighted by molar-refractivity contribution is 7.80. The van der Waals surface area contributed by atoms with Crippen LogP contribution in [0.5, 0.6) is 0 Å². The molecule has 1 heterocycles. The number of thiocarbonyl (C=S) groups is 1. The number of hydrogen-bond acceptors (Lipinski definition) is 4. The van der Waals surface area contributed by atoms with Crippen LogP contribution in [-0.4, -0.2) is 21.6 Å². The van der Waals surface area contributed by atoms with E-state index in [4.69, 9.17) is 17.5 Å². The first-order valence-electron chi connectivity index (χ1n) is 6.52. The first-order valence-corrected chi connectivity index (χ1v) is 6.92. The van der Waals surface area contributed by atoms with Crippen LogP contribution < -0.4 is 10.6 Å². The van der Waals surface area contributed by atoms with E-state index in [1.807, 2.05) is 0 Å². The lowest BCUT2D eigenvalue weighted by molar-refractivity contribution is 0.438. The summed E-state index contributed by atoms with van der Waals surface area (Å²) in [5.41, 5.74) is -0.717. The van der Waals surface area contributed by atoms with Crippen LogP contribution in [0.1, 0.15) is 11.3 Å². The zero-order valence-corrected chi connectivity index (χ0v) is 12.7. The van der Waals surface area contributed by atoms with Gasteiger partial charge in [-0.3, -0.25) is 0 Å². The molecule has 0 bridgehead atoms. The molecule has 10 heteroatoms. The summed E-state index contributed by atoms with van der Waals surface area (Å²) in [5.74, 6) is -5.73. The van der Waals surface area contributed by atoms with Crippen LogP contribution in [-0.2, 0) is 6.42 Å². The number of nitrogens with one attached hydrogen (secondary N) is 2. The first-order chi connectivity index (χ1) is 11.4. The summed E-state index contributed by atoms with van der Waals surface area (Å²) in [5, 5.41) is 14.0. The summed E-state index contributed by atoms with van der Waals surface area (Å²) in [6.45, 7) is -0.106. The minimum atomic E-state index is -1.47. The molecule has 0 saturated carbocycles. The lowest BCUT2D eigenvalue weighted by atomic mass is 10.1. The van der Waals surface area contributed by atoms with Gasteiger partial charge in [-0.15, -0.1) is 0 Å². The quantitative estimate of drug-likeness (QED) is 0.499. The van der Waals surface area contributed by atoms with Gasteiger partial charge in [0.15, 0.2) is 39.9 Å². The molecule has 5 nitrogen and oxygen atoms in total. The van der Waals surface area contributed by atoms with Gasteiger partial charge < -0.3 is 10.6 Å². The summed E-state index contributed by atoms with van der Waals surface area (Å²) >= 11 is 4.94. The molecule has 24 heavy (non-hydrogen) atoms. The van der Waals surface area contributed by atoms with Gasteiger partial charge in [-0.05, 0) is 18.6 Å². The van der Waals surface area contributed by atoms with Crippen LogP contribution in [0.2, 0.25) is 0 Å². The summed E-state index contributed by atoms with van der Waals surface area (Å²) in [7, 11) is 0. The van der Waals surface area contributed by atoms with E-state index in [1.54, 1.807) is 6.07 Å². The lowest BCUT2D eigenvalue weighted by Crippen LogP contribution is -2.31. The molecule has 0 amide bonds. The van der Waals surface area contributed by atoms with Crippen LogP contribution in [0.3, 0.4) is 0 Å². The Balaban J connectivity index is 1.98. The fourth-order valence-electron chi connectivity index (χ4n) is 1.81. The van der Waals surface area contributed by atoms with E-state index in [9.17, 15) is 17.6 Å². The minimum Gasteiger partial charge on any atom is -0.362 e. The Morgan fingerprint density at radius 1 is 1.12 bits per heavy atom. The SMILES string of the molecule is N#Cc1nccnc1NC(=S)NCCc1c(F)c(F)cc(F)c1F. The van der Waals surface area contributed by atoms with Crippen molar-refractivity contribution < 1.29 is 17.6 Å². The molecular formula is C14H9F4N5S. The first kappa shape index (κ1) is 17.6. The molecule has 1 aromatic carbocycles. The van der Waals surface area contributed by atoms with E-state index in [1.165, 1.54) is 12.4 Å². The van der Waals surface area contributed by atoms with Crippen molar-refractivity contribution in [1.29, 1.82) is 5.26 Å². The van der Waals surface area contributed by atoms with Gasteiger partial charge in [-0.1, -0.05) is 0 Å². The molecule has 1 aromatic heterocycles. The molecule has 2 aromatic rings. The maximum atomic E-state index is 13.5. The van der Waals surface area contributed by atoms with Gasteiger partial charge in [0, 0.05) is 30.6 Å². The molecule has 0 fully saturated rings. The van der Waals surface area contributed by atoms with Crippen LogP contribution in [0.25, 0.3) is 0 Å². The summed E-state index contributed by atoms with van der Waals surface area (Å²) in [6.07, 6.45) is 2.32. The molecule has 0 saturated heterocycles. The average molecular weight is 355 g/mol. The van der Waals surface area contributed by atoms with Crippen molar-refractivity contribution in [2.45, 2.75) is 6.42 Å². The predicted molar refractivity (Wildman–Crippen MR) is 80.9 cm³/mol. The molecule has 0 unspecified atom stereocenters. The number of benzene rings is 1. The molecule has 124 valence electrons. The number of nitriles is 1. The number of halogens is 4. The molecule has 2 rings (SSSR count). The Morgan fingerprint density at radius 3 is 2.38 bits per heavy atom. The van der Waals surface area contributed by atoms with Crippen molar-refractivity contribution in [3.05, 3.63) is 53.0 Å². The molecule has 0 aliphatic rings. The second-order valence-electron chi connectivity index (χ2n) is 4.44. The van der Waals surface area contributed by atoms with E-state index in [0.29, 0.717) is 0 Å². The molecule has 0 aliphatic carbocycles. The average Bonchev–Trinajstić information content (AvgIpc) is 2.56. The fourth-order valence-corrected chi connectivity index (χ4v) is 2.00. The Morgan fingerprint density at radius 2 is 1.75 bits per heavy atom. The topological polar surface area (TPSA) is 73.6 Å². The van der Waals surface area contributed by atoms with Gasteiger partial charge in [-0.2, -0.15) is 5.26 Å². The maximum absolute atomic E-state index is 13.5. The number of hydrogen-bond donors (Lipinski definition) is 2. The smallest absolute Gasteiger partial charge is 0.183 e. The van der Waals surface area contributed by atoms with E-state index >= 15 is 0 Å². The number of anilines is 1. The van der Waals surface area contributed by atoms with E-state index in [0.717, 1.165) is 0 Å². The van der Waals surface area contributed by atoms with Gasteiger partial charge in [-0.25, -0.2) is 27.5 Å². The summed E-state index contributed by atoms with van der Waals surface area (Å²) in [6, 6.07) is 1.95. The number of nitrogens with zero attached hydrogens (tertiary/aromatic N) is 3. The minimum absolute atomic E-state index is 0.00434. The lowest BCUT2D eigenvalue weighted by Gasteiger charge is -2.11. The van der Waals surface area contributed by atoms with Crippen LogP contribution in [0.15, 0.2) is 18.5 Å². The van der Waals surface area contributed by atoms with Crippen molar-refractivity contribution in [3.8, 4) is 6.07 Å². The Labute approximate surface area is 139 Å². The normalized spacial score (nSPS) is 10.1. The maximum Gasteiger partial charge on any atom is 0.183 e. The molecular weight excluding hydrogens is 346 g/mol. The van der Waals surface area contributed by atoms with E-state index < -0.39 is 28.8 Å². The summed E-state index contributed by atoms with van der Waals surface area (Å²) in [4.78, 5) is 7.63. The fraction of sp³-hybridized carbons (Fsp3) is 0.143. The highest BCUT2D eigenvalue weighted by Crippen LogP contribution is 2.19. The Hall–Kier alpha value is -2.80. The predicted octanol–water partition coefficient (Wildman–Crippen LogP) is 2.43. The van der Waals surface area contributed by atoms with Gasteiger partial charge in [0.05, 0.1) is 0 Å². The van der Waals surface area contributed by atoms with Crippen molar-refractivity contribution in [3.63, 3.8) is 0 Å². The summed E-state index contributed by atoms with van der Waals surface area (Å²) < 4.78 is 53.2. The van der Waals surface area contributed by atoms with E-state index in [-0.39, 0.29) is 35.7 Å². The van der Waals surface area contributed by atoms with Crippen molar-refractivity contribution >= 4 is 23.1 Å².